The van der Waals surface area contributed by atoms with Crippen LogP contribution in [0, 0.1) is 0 Å². The minimum absolute atomic E-state index is 0.146. The van der Waals surface area contributed by atoms with E-state index in [2.05, 4.69) is 10.1 Å². The van der Waals surface area contributed by atoms with Gasteiger partial charge in [0.1, 0.15) is 5.75 Å². The molecule has 2 aromatic rings. The summed E-state index contributed by atoms with van der Waals surface area (Å²) in [6.45, 7) is -2.38. The van der Waals surface area contributed by atoms with Crippen LogP contribution in [0.2, 0.25) is 0 Å². The zero-order valence-electron chi connectivity index (χ0n) is 12.8. The molecular formula is C17H15F2NO4. The van der Waals surface area contributed by atoms with Crippen molar-refractivity contribution in [1.82, 2.24) is 0 Å². The fourth-order valence-electron chi connectivity index (χ4n) is 2.47. The third kappa shape index (κ3) is 3.40. The van der Waals surface area contributed by atoms with E-state index in [0.29, 0.717) is 17.9 Å². The Hall–Kier alpha value is -2.83. The average molecular weight is 335 g/mol. The van der Waals surface area contributed by atoms with Crippen LogP contribution < -0.4 is 19.5 Å². The van der Waals surface area contributed by atoms with Crippen molar-refractivity contribution in [3.63, 3.8) is 0 Å². The van der Waals surface area contributed by atoms with Gasteiger partial charge < -0.3 is 19.5 Å². The van der Waals surface area contributed by atoms with E-state index >= 15 is 0 Å². The smallest absolute Gasteiger partial charge is 0.387 e. The number of ether oxygens (including phenoxy) is 3. The number of carbonyl (C=O) groups excluding carboxylic acids is 1. The first-order valence-corrected chi connectivity index (χ1v) is 7.27. The first-order chi connectivity index (χ1) is 11.6. The molecule has 0 aliphatic carbocycles. The highest BCUT2D eigenvalue weighted by Gasteiger charge is 2.16. The van der Waals surface area contributed by atoms with Gasteiger partial charge >= 0.3 is 6.61 Å². The minimum Gasteiger partial charge on any atom is -0.493 e. The largest absolute Gasteiger partial charge is 0.493 e. The Morgan fingerprint density at radius 2 is 2.04 bits per heavy atom. The summed E-state index contributed by atoms with van der Waals surface area (Å²) in [5.41, 5.74) is 1.76. The molecule has 0 unspecified atom stereocenters. The number of nitrogens with one attached hydrogen (secondary N) is 1. The second-order valence-electron chi connectivity index (χ2n) is 5.12. The van der Waals surface area contributed by atoms with E-state index in [1.807, 2.05) is 0 Å². The molecule has 0 saturated heterocycles. The molecule has 1 N–H and O–H groups in total. The number of halogens is 2. The average Bonchev–Trinajstić information content (AvgIpc) is 3.02. The number of anilines is 1. The third-order valence-electron chi connectivity index (χ3n) is 3.59. The van der Waals surface area contributed by atoms with Gasteiger partial charge in [0.2, 0.25) is 0 Å². The number of methoxy groups -OCH3 is 1. The van der Waals surface area contributed by atoms with Crippen molar-refractivity contribution >= 4 is 11.6 Å². The summed E-state index contributed by atoms with van der Waals surface area (Å²) in [7, 11) is 1.35. The van der Waals surface area contributed by atoms with E-state index in [-0.39, 0.29) is 17.4 Å². The molecule has 1 amide bonds. The van der Waals surface area contributed by atoms with Gasteiger partial charge in [-0.3, -0.25) is 4.79 Å². The Morgan fingerprint density at radius 3 is 2.79 bits per heavy atom. The van der Waals surface area contributed by atoms with Crippen molar-refractivity contribution in [2.75, 3.05) is 19.0 Å². The fraction of sp³-hybridized carbons (Fsp3) is 0.235. The molecule has 0 spiro atoms. The molecule has 126 valence electrons. The Morgan fingerprint density at radius 1 is 1.21 bits per heavy atom. The Labute approximate surface area is 137 Å². The van der Waals surface area contributed by atoms with Crippen molar-refractivity contribution < 1.29 is 27.8 Å². The van der Waals surface area contributed by atoms with E-state index in [1.54, 1.807) is 24.3 Å². The van der Waals surface area contributed by atoms with Crippen LogP contribution in [0.5, 0.6) is 17.2 Å². The zero-order chi connectivity index (χ0) is 17.1. The van der Waals surface area contributed by atoms with Crippen LogP contribution in [0.25, 0.3) is 0 Å². The summed E-state index contributed by atoms with van der Waals surface area (Å²) in [6.07, 6.45) is 0.755. The van der Waals surface area contributed by atoms with Gasteiger partial charge in [-0.15, -0.1) is 0 Å². The van der Waals surface area contributed by atoms with E-state index in [1.165, 1.54) is 19.2 Å². The monoisotopic (exact) mass is 335 g/mol. The van der Waals surface area contributed by atoms with E-state index < -0.39 is 6.61 Å². The molecule has 0 saturated carbocycles. The lowest BCUT2D eigenvalue weighted by atomic mass is 10.1. The maximum atomic E-state index is 12.4. The molecule has 0 bridgehead atoms. The number of fused-ring (bicyclic) bond motifs is 1. The van der Waals surface area contributed by atoms with Gasteiger partial charge in [0, 0.05) is 23.7 Å². The third-order valence-corrected chi connectivity index (χ3v) is 3.59. The van der Waals surface area contributed by atoms with Crippen LogP contribution in [0.15, 0.2) is 36.4 Å². The molecule has 0 radical (unpaired) electrons. The summed E-state index contributed by atoms with van der Waals surface area (Å²) in [5, 5.41) is 2.65. The summed E-state index contributed by atoms with van der Waals surface area (Å²) >= 11 is 0. The number of hydrogen-bond donors (Lipinski definition) is 1. The van der Waals surface area contributed by atoms with Gasteiger partial charge in [0.25, 0.3) is 5.91 Å². The first kappa shape index (κ1) is 16.0. The quantitative estimate of drug-likeness (QED) is 0.909. The van der Waals surface area contributed by atoms with Crippen molar-refractivity contribution in [1.29, 1.82) is 0 Å². The number of hydrogen-bond acceptors (Lipinski definition) is 4. The van der Waals surface area contributed by atoms with Crippen LogP contribution in [0.1, 0.15) is 15.9 Å². The Kier molecular flexibility index (Phi) is 4.50. The zero-order valence-corrected chi connectivity index (χ0v) is 12.8. The molecule has 3 rings (SSSR count). The number of benzene rings is 2. The topological polar surface area (TPSA) is 56.8 Å². The SMILES string of the molecule is COc1ccc(NC(=O)c2ccc3c(c2)CCO3)cc1OC(F)F. The van der Waals surface area contributed by atoms with Gasteiger partial charge in [-0.2, -0.15) is 8.78 Å². The van der Waals surface area contributed by atoms with Crippen molar-refractivity contribution in [3.8, 4) is 17.2 Å². The van der Waals surface area contributed by atoms with E-state index in [9.17, 15) is 13.6 Å². The van der Waals surface area contributed by atoms with Crippen molar-refractivity contribution in [2.24, 2.45) is 0 Å². The van der Waals surface area contributed by atoms with E-state index in [0.717, 1.165) is 17.7 Å². The van der Waals surface area contributed by atoms with Gasteiger partial charge in [-0.05, 0) is 35.9 Å². The predicted octanol–water partition coefficient (Wildman–Crippen LogP) is 3.48. The van der Waals surface area contributed by atoms with Crippen LogP contribution in [0.4, 0.5) is 14.5 Å². The molecule has 0 aromatic heterocycles. The van der Waals surface area contributed by atoms with Crippen LogP contribution >= 0.6 is 0 Å². The maximum absolute atomic E-state index is 12.4. The Balaban J connectivity index is 1.79. The van der Waals surface area contributed by atoms with Crippen LogP contribution in [0.3, 0.4) is 0 Å². The minimum atomic E-state index is -2.98. The lowest BCUT2D eigenvalue weighted by Gasteiger charge is -2.12. The molecule has 0 fully saturated rings. The predicted molar refractivity (Wildman–Crippen MR) is 83.2 cm³/mol. The lowest BCUT2D eigenvalue weighted by molar-refractivity contribution is -0.0511. The number of rotatable bonds is 5. The summed E-state index contributed by atoms with van der Waals surface area (Å²) in [5.74, 6) is 0.442. The Bertz CT molecular complexity index is 764. The maximum Gasteiger partial charge on any atom is 0.387 e. The summed E-state index contributed by atoms with van der Waals surface area (Å²) < 4.78 is 39.6. The van der Waals surface area contributed by atoms with Crippen molar-refractivity contribution in [2.45, 2.75) is 13.0 Å². The van der Waals surface area contributed by atoms with Gasteiger partial charge in [0.05, 0.1) is 13.7 Å². The van der Waals surface area contributed by atoms with Crippen LogP contribution in [-0.2, 0) is 6.42 Å². The highest BCUT2D eigenvalue weighted by Crippen LogP contribution is 2.32. The molecule has 5 nitrogen and oxygen atoms in total. The standard InChI is InChI=1S/C17H15F2NO4/c1-22-14-5-3-12(9-15(14)24-17(18)19)20-16(21)11-2-4-13-10(8-11)6-7-23-13/h2-5,8-9,17H,6-7H2,1H3,(H,20,21). The first-order valence-electron chi connectivity index (χ1n) is 7.27. The summed E-state index contributed by atoms with van der Waals surface area (Å²) in [4.78, 5) is 12.3. The normalized spacial score (nSPS) is 12.5. The highest BCUT2D eigenvalue weighted by molar-refractivity contribution is 6.04. The lowest BCUT2D eigenvalue weighted by Crippen LogP contribution is -2.12. The van der Waals surface area contributed by atoms with Crippen LogP contribution in [-0.4, -0.2) is 26.2 Å². The van der Waals surface area contributed by atoms with E-state index in [4.69, 9.17) is 9.47 Å². The molecule has 7 heteroatoms. The highest BCUT2D eigenvalue weighted by atomic mass is 19.3. The second kappa shape index (κ2) is 6.74. The van der Waals surface area contributed by atoms with Gasteiger partial charge in [-0.25, -0.2) is 0 Å². The second-order valence-corrected chi connectivity index (χ2v) is 5.12. The molecule has 1 heterocycles. The van der Waals surface area contributed by atoms with Gasteiger partial charge in [-0.1, -0.05) is 0 Å². The molecule has 2 aromatic carbocycles. The molecular weight excluding hydrogens is 320 g/mol. The number of amides is 1. The fourth-order valence-corrected chi connectivity index (χ4v) is 2.47. The molecule has 1 aliphatic heterocycles. The molecule has 24 heavy (non-hydrogen) atoms. The number of alkyl halides is 2. The molecule has 0 atom stereocenters. The molecule has 1 aliphatic rings. The van der Waals surface area contributed by atoms with Gasteiger partial charge in [0.15, 0.2) is 11.5 Å². The number of carbonyl (C=O) groups is 1. The summed E-state index contributed by atoms with van der Waals surface area (Å²) in [6, 6.07) is 9.45. The van der Waals surface area contributed by atoms with Crippen molar-refractivity contribution in [3.05, 3.63) is 47.5 Å².